The average Bonchev–Trinajstić information content (AvgIpc) is 2.95. The van der Waals surface area contributed by atoms with Gasteiger partial charge >= 0.3 is 11.8 Å². The molecule has 41 heavy (non-hydrogen) atoms. The summed E-state index contributed by atoms with van der Waals surface area (Å²) >= 11 is 6.40. The van der Waals surface area contributed by atoms with Crippen molar-refractivity contribution in [2.24, 2.45) is 5.10 Å². The number of nitrogens with zero attached hydrogens (tertiary/aromatic N) is 1. The number of carbonyl (C=O) groups is 3. The molecule has 0 atom stereocenters. The maximum atomic E-state index is 12.3. The minimum atomic E-state index is -0.958. The zero-order valence-corrected chi connectivity index (χ0v) is 23.9. The number of halogens is 1. The lowest BCUT2D eigenvalue weighted by Gasteiger charge is -2.14. The van der Waals surface area contributed by atoms with E-state index in [9.17, 15) is 14.4 Å². The number of rotatable bonds is 13. The molecule has 0 aliphatic heterocycles. The van der Waals surface area contributed by atoms with Gasteiger partial charge in [0.05, 0.1) is 24.5 Å². The number of aryl methyl sites for hydroxylation is 1. The molecule has 0 heterocycles. The number of ether oxygens (including phenoxy) is 3. The second-order valence-corrected chi connectivity index (χ2v) is 9.25. The van der Waals surface area contributed by atoms with Gasteiger partial charge in [0.25, 0.3) is 5.91 Å². The number of benzene rings is 3. The van der Waals surface area contributed by atoms with Crippen LogP contribution in [0.5, 0.6) is 17.2 Å². The van der Waals surface area contributed by atoms with Crippen molar-refractivity contribution in [1.29, 1.82) is 0 Å². The molecule has 0 aliphatic carbocycles. The molecule has 0 fully saturated rings. The third-order valence-electron chi connectivity index (χ3n) is 5.48. The fourth-order valence-electron chi connectivity index (χ4n) is 3.41. The molecule has 3 aromatic rings. The lowest BCUT2D eigenvalue weighted by molar-refractivity contribution is -0.136. The van der Waals surface area contributed by atoms with Crippen LogP contribution >= 0.6 is 11.6 Å². The van der Waals surface area contributed by atoms with Crippen LogP contribution in [0.15, 0.2) is 65.8 Å². The van der Waals surface area contributed by atoms with Crippen LogP contribution in [-0.2, 0) is 14.4 Å². The highest BCUT2D eigenvalue weighted by molar-refractivity contribution is 6.39. The summed E-state index contributed by atoms with van der Waals surface area (Å²) in [6.45, 7) is 6.45. The van der Waals surface area contributed by atoms with E-state index in [4.69, 9.17) is 25.8 Å². The predicted molar refractivity (Wildman–Crippen MR) is 159 cm³/mol. The lowest BCUT2D eigenvalue weighted by Crippen LogP contribution is -2.32. The first-order chi connectivity index (χ1) is 19.8. The quantitative estimate of drug-likeness (QED) is 0.108. The first-order valence-corrected chi connectivity index (χ1v) is 13.5. The standard InChI is InChI=1S/C30H33ClN4O6/c1-4-6-15-40-24-13-11-23(12-14-24)34-29(37)30(38)35-32-18-21-16-25(31)28(26(17-21)39-5-2)41-19-27(36)33-22-9-7-20(3)8-10-22/h7-14,16-18H,4-6,15,19H2,1-3H3,(H,33,36)(H,34,37)(H,35,38)/b32-18-. The molecule has 0 aromatic heterocycles. The predicted octanol–water partition coefficient (Wildman–Crippen LogP) is 5.33. The van der Waals surface area contributed by atoms with E-state index >= 15 is 0 Å². The van der Waals surface area contributed by atoms with Gasteiger partial charge in [0.2, 0.25) is 0 Å². The van der Waals surface area contributed by atoms with Gasteiger partial charge in [0.15, 0.2) is 18.1 Å². The summed E-state index contributed by atoms with van der Waals surface area (Å²) in [6.07, 6.45) is 3.28. The number of carbonyl (C=O) groups excluding carboxylic acids is 3. The second-order valence-electron chi connectivity index (χ2n) is 8.85. The molecule has 3 amide bonds. The summed E-state index contributed by atoms with van der Waals surface area (Å²) < 4.78 is 16.9. The molecule has 3 N–H and O–H groups in total. The molecular weight excluding hydrogens is 548 g/mol. The molecule has 11 heteroatoms. The lowest BCUT2D eigenvalue weighted by atomic mass is 10.2. The summed E-state index contributed by atoms with van der Waals surface area (Å²) in [4.78, 5) is 36.8. The monoisotopic (exact) mass is 580 g/mol. The van der Waals surface area contributed by atoms with Gasteiger partial charge in [-0.25, -0.2) is 5.43 Å². The van der Waals surface area contributed by atoms with Crippen molar-refractivity contribution < 1.29 is 28.6 Å². The van der Waals surface area contributed by atoms with Crippen LogP contribution in [0.25, 0.3) is 0 Å². The minimum Gasteiger partial charge on any atom is -0.494 e. The van der Waals surface area contributed by atoms with Gasteiger partial charge < -0.3 is 24.8 Å². The number of unbranched alkanes of at least 4 members (excludes halogenated alkanes) is 1. The first kappa shape index (κ1) is 31.0. The Kier molecular flexibility index (Phi) is 12.0. The normalized spacial score (nSPS) is 10.6. The number of hydrogen-bond acceptors (Lipinski definition) is 7. The van der Waals surface area contributed by atoms with Gasteiger partial charge in [-0.15, -0.1) is 0 Å². The van der Waals surface area contributed by atoms with E-state index in [1.807, 2.05) is 19.1 Å². The van der Waals surface area contributed by atoms with Crippen LogP contribution in [0.3, 0.4) is 0 Å². The van der Waals surface area contributed by atoms with Gasteiger partial charge in [0, 0.05) is 11.4 Å². The highest BCUT2D eigenvalue weighted by atomic mass is 35.5. The second kappa shape index (κ2) is 15.9. The van der Waals surface area contributed by atoms with Crippen molar-refractivity contribution in [3.05, 3.63) is 76.8 Å². The van der Waals surface area contributed by atoms with E-state index in [1.165, 1.54) is 12.3 Å². The van der Waals surface area contributed by atoms with Crippen molar-refractivity contribution in [3.63, 3.8) is 0 Å². The van der Waals surface area contributed by atoms with Gasteiger partial charge in [-0.2, -0.15) is 5.10 Å². The van der Waals surface area contributed by atoms with Gasteiger partial charge in [-0.05, 0) is 74.4 Å². The minimum absolute atomic E-state index is 0.173. The number of hydrogen-bond donors (Lipinski definition) is 3. The van der Waals surface area contributed by atoms with Crippen LogP contribution in [0, 0.1) is 6.92 Å². The maximum Gasteiger partial charge on any atom is 0.329 e. The summed E-state index contributed by atoms with van der Waals surface area (Å²) in [5.74, 6) is -1.05. The largest absolute Gasteiger partial charge is 0.494 e. The SMILES string of the molecule is CCCCOc1ccc(NC(=O)C(=O)N/N=C\c2cc(Cl)c(OCC(=O)Nc3ccc(C)cc3)c(OCC)c2)cc1. The van der Waals surface area contributed by atoms with E-state index in [2.05, 4.69) is 28.1 Å². The molecule has 0 bridgehead atoms. The molecule has 10 nitrogen and oxygen atoms in total. The molecule has 0 radical (unpaired) electrons. The fraction of sp³-hybridized carbons (Fsp3) is 0.267. The van der Waals surface area contributed by atoms with E-state index < -0.39 is 11.8 Å². The van der Waals surface area contributed by atoms with Crippen LogP contribution in [0.2, 0.25) is 5.02 Å². The molecule has 3 rings (SSSR count). The Balaban J connectivity index is 1.55. The summed E-state index contributed by atoms with van der Waals surface area (Å²) in [7, 11) is 0. The zero-order chi connectivity index (χ0) is 29.6. The van der Waals surface area contributed by atoms with Crippen molar-refractivity contribution in [2.45, 2.75) is 33.6 Å². The van der Waals surface area contributed by atoms with Crippen LogP contribution in [0.1, 0.15) is 37.8 Å². The van der Waals surface area contributed by atoms with E-state index in [1.54, 1.807) is 49.4 Å². The number of nitrogens with one attached hydrogen (secondary N) is 3. The van der Waals surface area contributed by atoms with Crippen molar-refractivity contribution in [1.82, 2.24) is 5.43 Å². The van der Waals surface area contributed by atoms with Gasteiger partial charge in [-0.3, -0.25) is 14.4 Å². The van der Waals surface area contributed by atoms with E-state index in [-0.39, 0.29) is 29.0 Å². The molecule has 0 spiro atoms. The number of hydrazone groups is 1. The van der Waals surface area contributed by atoms with Crippen molar-refractivity contribution >= 4 is 46.9 Å². The third kappa shape index (κ3) is 10.2. The highest BCUT2D eigenvalue weighted by Crippen LogP contribution is 2.36. The smallest absolute Gasteiger partial charge is 0.329 e. The zero-order valence-electron chi connectivity index (χ0n) is 23.2. The molecule has 0 aliphatic rings. The Morgan fingerprint density at radius 2 is 1.56 bits per heavy atom. The Labute approximate surface area is 244 Å². The molecular formula is C30H33ClN4O6. The van der Waals surface area contributed by atoms with Gasteiger partial charge in [-0.1, -0.05) is 42.6 Å². The van der Waals surface area contributed by atoms with Crippen molar-refractivity contribution in [2.75, 3.05) is 30.5 Å². The van der Waals surface area contributed by atoms with E-state index in [0.717, 1.165) is 18.4 Å². The fourth-order valence-corrected chi connectivity index (χ4v) is 3.68. The Morgan fingerprint density at radius 1 is 0.878 bits per heavy atom. The summed E-state index contributed by atoms with van der Waals surface area (Å²) in [5.41, 5.74) is 4.80. The maximum absolute atomic E-state index is 12.3. The Hall–Kier alpha value is -4.57. The summed E-state index contributed by atoms with van der Waals surface area (Å²) in [5, 5.41) is 9.25. The Bertz CT molecular complexity index is 1360. The molecule has 0 saturated heterocycles. The Morgan fingerprint density at radius 3 is 2.24 bits per heavy atom. The van der Waals surface area contributed by atoms with Crippen molar-refractivity contribution in [3.8, 4) is 17.2 Å². The third-order valence-corrected chi connectivity index (χ3v) is 5.76. The highest BCUT2D eigenvalue weighted by Gasteiger charge is 2.16. The number of amides is 3. The number of anilines is 2. The topological polar surface area (TPSA) is 127 Å². The van der Waals surface area contributed by atoms with Gasteiger partial charge in [0.1, 0.15) is 5.75 Å². The van der Waals surface area contributed by atoms with E-state index in [0.29, 0.717) is 35.9 Å². The molecule has 0 unspecified atom stereocenters. The van der Waals surface area contributed by atoms with Crippen LogP contribution in [-0.4, -0.2) is 43.8 Å². The van der Waals surface area contributed by atoms with Crippen LogP contribution in [0.4, 0.5) is 11.4 Å². The first-order valence-electron chi connectivity index (χ1n) is 13.1. The molecule has 0 saturated carbocycles. The average molecular weight is 581 g/mol. The molecule has 216 valence electrons. The van der Waals surface area contributed by atoms with Crippen LogP contribution < -0.4 is 30.3 Å². The summed E-state index contributed by atoms with van der Waals surface area (Å²) in [6, 6.07) is 17.2. The molecule has 3 aromatic carbocycles.